The van der Waals surface area contributed by atoms with Crippen LogP contribution < -0.4 is 14.8 Å². The Morgan fingerprint density at radius 1 is 1.11 bits per heavy atom. The molecule has 0 fully saturated rings. The Morgan fingerprint density at radius 3 is 2.56 bits per heavy atom. The molecule has 0 unspecified atom stereocenters. The number of halogens is 1. The summed E-state index contributed by atoms with van der Waals surface area (Å²) in [4.78, 5) is 17.4. The number of hydrogen-bond acceptors (Lipinski definition) is 4. The molecule has 1 aromatic heterocycles. The van der Waals surface area contributed by atoms with Crippen molar-refractivity contribution in [2.45, 2.75) is 0 Å². The third kappa shape index (κ3) is 4.11. The van der Waals surface area contributed by atoms with Crippen molar-refractivity contribution in [1.82, 2.24) is 10.3 Å². The van der Waals surface area contributed by atoms with Crippen molar-refractivity contribution in [3.8, 4) is 22.8 Å². The number of rotatable bonds is 6. The lowest BCUT2D eigenvalue weighted by atomic mass is 10.0. The van der Waals surface area contributed by atoms with Gasteiger partial charge in [-0.1, -0.05) is 40.7 Å². The normalized spacial score (nSPS) is 10.5. The van der Waals surface area contributed by atoms with Crippen molar-refractivity contribution in [2.24, 2.45) is 0 Å². The molecule has 1 amide bonds. The van der Waals surface area contributed by atoms with Crippen LogP contribution in [0.25, 0.3) is 22.2 Å². The topological polar surface area (TPSA) is 60.5 Å². The van der Waals surface area contributed by atoms with E-state index in [0.29, 0.717) is 33.8 Å². The molecule has 1 heterocycles. The summed E-state index contributed by atoms with van der Waals surface area (Å²) in [7, 11) is 3.17. The Bertz CT molecular complexity index is 1020. The van der Waals surface area contributed by atoms with Gasteiger partial charge in [-0.05, 0) is 30.3 Å². The van der Waals surface area contributed by atoms with E-state index in [0.717, 1.165) is 16.5 Å². The van der Waals surface area contributed by atoms with Gasteiger partial charge in [-0.2, -0.15) is 0 Å². The van der Waals surface area contributed by atoms with Gasteiger partial charge in [-0.3, -0.25) is 4.79 Å². The fraction of sp³-hybridized carbons (Fsp3) is 0.143. The van der Waals surface area contributed by atoms with Crippen LogP contribution in [0.15, 0.2) is 59.6 Å². The van der Waals surface area contributed by atoms with Crippen molar-refractivity contribution in [2.75, 3.05) is 20.8 Å². The van der Waals surface area contributed by atoms with E-state index in [9.17, 15) is 4.79 Å². The van der Waals surface area contributed by atoms with Crippen molar-refractivity contribution < 1.29 is 14.3 Å². The number of nitrogens with one attached hydrogen (secondary N) is 1. The Morgan fingerprint density at radius 2 is 1.85 bits per heavy atom. The molecule has 1 N–H and O–H groups in total. The van der Waals surface area contributed by atoms with Crippen LogP contribution >= 0.6 is 15.9 Å². The zero-order valence-electron chi connectivity index (χ0n) is 15.1. The number of methoxy groups -OCH3 is 2. The highest BCUT2D eigenvalue weighted by Gasteiger charge is 2.15. The largest absolute Gasteiger partial charge is 0.493 e. The number of carbonyl (C=O) groups is 1. The second kappa shape index (κ2) is 8.22. The molecule has 27 heavy (non-hydrogen) atoms. The third-order valence-corrected chi connectivity index (χ3v) is 4.36. The van der Waals surface area contributed by atoms with Crippen molar-refractivity contribution in [3.63, 3.8) is 0 Å². The minimum atomic E-state index is -0.184. The maximum atomic E-state index is 12.7. The smallest absolute Gasteiger partial charge is 0.252 e. The molecule has 6 heteroatoms. The SMILES string of the molecule is C=C(Br)CNC(=O)c1cc(-c2ccc(OC)c(OC)c2)nc2ccccc12. The standard InChI is InChI=1S/C21H19BrN2O3/c1-13(22)12-23-21(25)16-11-18(24-17-7-5-4-6-15(16)17)14-8-9-19(26-2)20(10-14)27-3/h4-11H,1,12H2,2-3H3,(H,23,25). The zero-order chi connectivity index (χ0) is 19.4. The predicted molar refractivity (Wildman–Crippen MR) is 111 cm³/mol. The summed E-state index contributed by atoms with van der Waals surface area (Å²) in [6, 6.07) is 14.9. The van der Waals surface area contributed by atoms with Gasteiger partial charge in [0.05, 0.1) is 31.0 Å². The molecule has 0 saturated heterocycles. The van der Waals surface area contributed by atoms with E-state index in [4.69, 9.17) is 14.5 Å². The summed E-state index contributed by atoms with van der Waals surface area (Å²) in [5.74, 6) is 1.05. The van der Waals surface area contributed by atoms with E-state index in [1.807, 2.05) is 42.5 Å². The maximum Gasteiger partial charge on any atom is 0.252 e. The van der Waals surface area contributed by atoms with Gasteiger partial charge in [0.2, 0.25) is 0 Å². The summed E-state index contributed by atoms with van der Waals surface area (Å²) < 4.78 is 11.4. The van der Waals surface area contributed by atoms with E-state index < -0.39 is 0 Å². The lowest BCUT2D eigenvalue weighted by Gasteiger charge is -2.12. The van der Waals surface area contributed by atoms with Gasteiger partial charge in [-0.25, -0.2) is 4.98 Å². The molecule has 138 valence electrons. The molecule has 0 saturated carbocycles. The lowest BCUT2D eigenvalue weighted by molar-refractivity contribution is 0.0959. The second-order valence-electron chi connectivity index (χ2n) is 5.84. The van der Waals surface area contributed by atoms with Gasteiger partial charge in [0.25, 0.3) is 5.91 Å². The molecule has 3 rings (SSSR count). The number of para-hydroxylation sites is 1. The summed E-state index contributed by atoms with van der Waals surface area (Å²) in [5.41, 5.74) is 2.81. The number of aromatic nitrogens is 1. The Labute approximate surface area is 166 Å². The van der Waals surface area contributed by atoms with Crippen LogP contribution in [0.5, 0.6) is 11.5 Å². The number of carbonyl (C=O) groups excluding carboxylic acids is 1. The Hall–Kier alpha value is -2.86. The molecular formula is C21H19BrN2O3. The molecule has 3 aromatic rings. The molecule has 0 spiro atoms. The summed E-state index contributed by atoms with van der Waals surface area (Å²) in [6.07, 6.45) is 0. The molecule has 2 aromatic carbocycles. The van der Waals surface area contributed by atoms with Crippen LogP contribution in [0.2, 0.25) is 0 Å². The Balaban J connectivity index is 2.12. The summed E-state index contributed by atoms with van der Waals surface area (Å²) in [6.45, 7) is 4.10. The van der Waals surface area contributed by atoms with Gasteiger partial charge in [0.1, 0.15) is 0 Å². The van der Waals surface area contributed by atoms with E-state index >= 15 is 0 Å². The van der Waals surface area contributed by atoms with Gasteiger partial charge in [-0.15, -0.1) is 0 Å². The van der Waals surface area contributed by atoms with Crippen LogP contribution in [0.4, 0.5) is 0 Å². The quantitative estimate of drug-likeness (QED) is 0.627. The fourth-order valence-electron chi connectivity index (χ4n) is 2.78. The number of fused-ring (bicyclic) bond motifs is 1. The van der Waals surface area contributed by atoms with Crippen LogP contribution in [-0.4, -0.2) is 31.7 Å². The minimum absolute atomic E-state index is 0.184. The number of pyridine rings is 1. The van der Waals surface area contributed by atoms with Crippen molar-refractivity contribution >= 4 is 32.7 Å². The third-order valence-electron chi connectivity index (χ3n) is 4.08. The molecule has 5 nitrogen and oxygen atoms in total. The van der Waals surface area contributed by atoms with Gasteiger partial charge >= 0.3 is 0 Å². The molecule has 0 aliphatic heterocycles. The number of amides is 1. The summed E-state index contributed by atoms with van der Waals surface area (Å²) in [5, 5.41) is 3.64. The van der Waals surface area contributed by atoms with E-state index in [1.165, 1.54) is 0 Å². The monoisotopic (exact) mass is 426 g/mol. The van der Waals surface area contributed by atoms with Gasteiger partial charge < -0.3 is 14.8 Å². The average Bonchev–Trinajstić information content (AvgIpc) is 2.70. The van der Waals surface area contributed by atoms with E-state index in [2.05, 4.69) is 27.8 Å². The van der Waals surface area contributed by atoms with E-state index in [-0.39, 0.29) is 5.91 Å². The highest BCUT2D eigenvalue weighted by atomic mass is 79.9. The molecular weight excluding hydrogens is 408 g/mol. The first-order chi connectivity index (χ1) is 13.0. The molecule has 0 aliphatic rings. The minimum Gasteiger partial charge on any atom is -0.493 e. The maximum absolute atomic E-state index is 12.7. The summed E-state index contributed by atoms with van der Waals surface area (Å²) >= 11 is 3.26. The van der Waals surface area contributed by atoms with Crippen LogP contribution in [0, 0.1) is 0 Å². The molecule has 0 atom stereocenters. The van der Waals surface area contributed by atoms with Crippen LogP contribution in [-0.2, 0) is 0 Å². The lowest BCUT2D eigenvalue weighted by Crippen LogP contribution is -2.24. The zero-order valence-corrected chi connectivity index (χ0v) is 16.7. The first-order valence-corrected chi connectivity index (χ1v) is 9.06. The van der Waals surface area contributed by atoms with Gasteiger partial charge in [0.15, 0.2) is 11.5 Å². The van der Waals surface area contributed by atoms with Gasteiger partial charge in [0, 0.05) is 22.0 Å². The number of ether oxygens (including phenoxy) is 2. The van der Waals surface area contributed by atoms with Crippen molar-refractivity contribution in [1.29, 1.82) is 0 Å². The molecule has 0 bridgehead atoms. The van der Waals surface area contributed by atoms with Crippen LogP contribution in [0.1, 0.15) is 10.4 Å². The Kier molecular flexibility index (Phi) is 5.76. The molecule has 0 radical (unpaired) electrons. The van der Waals surface area contributed by atoms with Crippen LogP contribution in [0.3, 0.4) is 0 Å². The second-order valence-corrected chi connectivity index (χ2v) is 6.96. The number of benzene rings is 2. The van der Waals surface area contributed by atoms with Crippen molar-refractivity contribution in [3.05, 3.63) is 65.2 Å². The average molecular weight is 427 g/mol. The number of hydrogen-bond donors (Lipinski definition) is 1. The fourth-order valence-corrected chi connectivity index (χ4v) is 2.92. The highest BCUT2D eigenvalue weighted by molar-refractivity contribution is 9.11. The predicted octanol–water partition coefficient (Wildman–Crippen LogP) is 4.56. The molecule has 0 aliphatic carbocycles. The number of nitrogens with zero attached hydrogens (tertiary/aromatic N) is 1. The highest BCUT2D eigenvalue weighted by Crippen LogP contribution is 2.33. The first kappa shape index (κ1) is 18.9. The van der Waals surface area contributed by atoms with E-state index in [1.54, 1.807) is 20.3 Å². The first-order valence-electron chi connectivity index (χ1n) is 8.27.